The van der Waals surface area contributed by atoms with Gasteiger partial charge in [-0.1, -0.05) is 13.8 Å². The summed E-state index contributed by atoms with van der Waals surface area (Å²) >= 11 is 0. The van der Waals surface area contributed by atoms with Gasteiger partial charge >= 0.3 is 6.03 Å². The lowest BCUT2D eigenvalue weighted by molar-refractivity contribution is -0.133. The van der Waals surface area contributed by atoms with Gasteiger partial charge in [0.2, 0.25) is 5.91 Å². The zero-order chi connectivity index (χ0) is 18.4. The van der Waals surface area contributed by atoms with Gasteiger partial charge in [-0.05, 0) is 43.7 Å². The SMILES string of the molecule is CC(C)CNC(=O)N1CCC[C@H](CC(=O)N(C)[C@@H](C)c2ccco2)C1. The van der Waals surface area contributed by atoms with Crippen molar-refractivity contribution in [3.05, 3.63) is 24.2 Å². The van der Waals surface area contributed by atoms with Gasteiger partial charge in [0, 0.05) is 33.1 Å². The predicted octanol–water partition coefficient (Wildman–Crippen LogP) is 3.27. The van der Waals surface area contributed by atoms with Crippen molar-refractivity contribution < 1.29 is 14.0 Å². The molecule has 0 aliphatic carbocycles. The molecule has 1 N–H and O–H groups in total. The quantitative estimate of drug-likeness (QED) is 0.857. The molecule has 0 saturated carbocycles. The van der Waals surface area contributed by atoms with Crippen LogP contribution in [0.15, 0.2) is 22.8 Å². The van der Waals surface area contributed by atoms with Crippen molar-refractivity contribution >= 4 is 11.9 Å². The smallest absolute Gasteiger partial charge is 0.317 e. The van der Waals surface area contributed by atoms with Gasteiger partial charge in [-0.2, -0.15) is 0 Å². The summed E-state index contributed by atoms with van der Waals surface area (Å²) in [7, 11) is 1.81. The number of carbonyl (C=O) groups is 2. The number of nitrogens with zero attached hydrogens (tertiary/aromatic N) is 2. The summed E-state index contributed by atoms with van der Waals surface area (Å²) in [5, 5.41) is 2.96. The Hall–Kier alpha value is -1.98. The molecule has 25 heavy (non-hydrogen) atoms. The van der Waals surface area contributed by atoms with E-state index < -0.39 is 0 Å². The Morgan fingerprint density at radius 3 is 2.80 bits per heavy atom. The third-order valence-corrected chi connectivity index (χ3v) is 4.86. The number of hydrogen-bond donors (Lipinski definition) is 1. The average Bonchev–Trinajstić information content (AvgIpc) is 3.13. The molecule has 1 aromatic heterocycles. The third-order valence-electron chi connectivity index (χ3n) is 4.86. The molecule has 0 radical (unpaired) electrons. The van der Waals surface area contributed by atoms with Crippen molar-refractivity contribution in [3.63, 3.8) is 0 Å². The first kappa shape index (κ1) is 19.3. The molecule has 2 heterocycles. The summed E-state index contributed by atoms with van der Waals surface area (Å²) in [5.74, 6) is 1.53. The number of nitrogens with one attached hydrogen (secondary N) is 1. The molecule has 140 valence electrons. The molecule has 1 saturated heterocycles. The van der Waals surface area contributed by atoms with Crippen LogP contribution in [0.2, 0.25) is 0 Å². The lowest BCUT2D eigenvalue weighted by atomic mass is 9.94. The Balaban J connectivity index is 1.84. The van der Waals surface area contributed by atoms with E-state index in [1.54, 1.807) is 11.2 Å². The van der Waals surface area contributed by atoms with Crippen molar-refractivity contribution in [2.24, 2.45) is 11.8 Å². The van der Waals surface area contributed by atoms with Crippen LogP contribution in [0.3, 0.4) is 0 Å². The Bertz CT molecular complexity index is 556. The van der Waals surface area contributed by atoms with E-state index >= 15 is 0 Å². The Kier molecular flexibility index (Phi) is 6.91. The van der Waals surface area contributed by atoms with E-state index in [1.807, 2.05) is 31.0 Å². The highest BCUT2D eigenvalue weighted by molar-refractivity contribution is 5.77. The number of furan rings is 1. The molecule has 1 aromatic rings. The Morgan fingerprint density at radius 1 is 1.40 bits per heavy atom. The van der Waals surface area contributed by atoms with Gasteiger partial charge in [-0.25, -0.2) is 4.79 Å². The van der Waals surface area contributed by atoms with Crippen LogP contribution in [0.1, 0.15) is 51.8 Å². The van der Waals surface area contributed by atoms with Crippen LogP contribution in [0, 0.1) is 11.8 Å². The van der Waals surface area contributed by atoms with Crippen LogP contribution in [-0.2, 0) is 4.79 Å². The minimum atomic E-state index is -0.0865. The number of hydrogen-bond acceptors (Lipinski definition) is 3. The highest BCUT2D eigenvalue weighted by Gasteiger charge is 2.28. The Morgan fingerprint density at radius 2 is 2.16 bits per heavy atom. The van der Waals surface area contributed by atoms with Crippen LogP contribution < -0.4 is 5.32 Å². The third kappa shape index (κ3) is 5.51. The zero-order valence-electron chi connectivity index (χ0n) is 15.8. The Labute approximate surface area is 150 Å². The average molecular weight is 349 g/mol. The van der Waals surface area contributed by atoms with Gasteiger partial charge in [-0.15, -0.1) is 0 Å². The van der Waals surface area contributed by atoms with Crippen molar-refractivity contribution in [1.29, 1.82) is 0 Å². The molecule has 1 fully saturated rings. The zero-order valence-corrected chi connectivity index (χ0v) is 15.8. The first-order chi connectivity index (χ1) is 11.9. The number of rotatable bonds is 6. The van der Waals surface area contributed by atoms with Gasteiger partial charge in [0.05, 0.1) is 12.3 Å². The standard InChI is InChI=1S/C19H31N3O3/c1-14(2)12-20-19(24)22-9-5-7-16(13-22)11-18(23)21(4)15(3)17-8-6-10-25-17/h6,8,10,14-16H,5,7,9,11-13H2,1-4H3,(H,20,24)/t15-,16+/m0/s1. The molecule has 0 aromatic carbocycles. The van der Waals surface area contributed by atoms with Crippen LogP contribution in [0.5, 0.6) is 0 Å². The molecular formula is C19H31N3O3. The number of amides is 3. The molecule has 1 aliphatic rings. The number of likely N-dealkylation sites (tertiary alicyclic amines) is 1. The first-order valence-corrected chi connectivity index (χ1v) is 9.20. The summed E-state index contributed by atoms with van der Waals surface area (Å²) in [6, 6.07) is 3.62. The second kappa shape index (κ2) is 8.92. The first-order valence-electron chi connectivity index (χ1n) is 9.20. The summed E-state index contributed by atoms with van der Waals surface area (Å²) in [4.78, 5) is 28.4. The lowest BCUT2D eigenvalue weighted by Crippen LogP contribution is -2.47. The minimum absolute atomic E-state index is 0.0110. The normalized spacial score (nSPS) is 18.9. The fourth-order valence-corrected chi connectivity index (χ4v) is 3.15. The van der Waals surface area contributed by atoms with E-state index in [0.29, 0.717) is 25.4 Å². The highest BCUT2D eigenvalue weighted by Crippen LogP contribution is 2.24. The van der Waals surface area contributed by atoms with Crippen molar-refractivity contribution in [3.8, 4) is 0 Å². The van der Waals surface area contributed by atoms with Crippen molar-refractivity contribution in [2.75, 3.05) is 26.7 Å². The van der Waals surface area contributed by atoms with E-state index in [-0.39, 0.29) is 23.9 Å². The van der Waals surface area contributed by atoms with Gasteiger partial charge in [0.25, 0.3) is 0 Å². The second-order valence-electron chi connectivity index (χ2n) is 7.43. The molecule has 6 nitrogen and oxygen atoms in total. The van der Waals surface area contributed by atoms with Crippen LogP contribution in [-0.4, -0.2) is 48.4 Å². The minimum Gasteiger partial charge on any atom is -0.467 e. The van der Waals surface area contributed by atoms with Crippen molar-refractivity contribution in [2.45, 2.75) is 46.1 Å². The summed E-state index contributed by atoms with van der Waals surface area (Å²) in [5.41, 5.74) is 0. The second-order valence-corrected chi connectivity index (χ2v) is 7.43. The summed E-state index contributed by atoms with van der Waals surface area (Å²) < 4.78 is 5.40. The fourth-order valence-electron chi connectivity index (χ4n) is 3.15. The largest absolute Gasteiger partial charge is 0.467 e. The molecular weight excluding hydrogens is 318 g/mol. The topological polar surface area (TPSA) is 65.8 Å². The van der Waals surface area contributed by atoms with Gasteiger partial charge in [-0.3, -0.25) is 4.79 Å². The van der Waals surface area contributed by atoms with Gasteiger partial charge in [0.15, 0.2) is 0 Å². The van der Waals surface area contributed by atoms with E-state index in [0.717, 1.165) is 25.1 Å². The maximum Gasteiger partial charge on any atom is 0.317 e. The van der Waals surface area contributed by atoms with E-state index in [9.17, 15) is 9.59 Å². The van der Waals surface area contributed by atoms with E-state index in [2.05, 4.69) is 19.2 Å². The van der Waals surface area contributed by atoms with Gasteiger partial charge in [0.1, 0.15) is 5.76 Å². The molecule has 6 heteroatoms. The monoisotopic (exact) mass is 349 g/mol. The fraction of sp³-hybridized carbons (Fsp3) is 0.684. The molecule has 3 amide bonds. The molecule has 2 rings (SSSR count). The lowest BCUT2D eigenvalue weighted by Gasteiger charge is -2.34. The van der Waals surface area contributed by atoms with Crippen LogP contribution >= 0.6 is 0 Å². The molecule has 0 unspecified atom stereocenters. The number of piperidine rings is 1. The predicted molar refractivity (Wildman–Crippen MR) is 97.0 cm³/mol. The number of urea groups is 1. The maximum absolute atomic E-state index is 12.6. The molecule has 0 bridgehead atoms. The van der Waals surface area contributed by atoms with Crippen molar-refractivity contribution in [1.82, 2.24) is 15.1 Å². The van der Waals surface area contributed by atoms with Crippen LogP contribution in [0.4, 0.5) is 4.79 Å². The maximum atomic E-state index is 12.6. The molecule has 2 atom stereocenters. The molecule has 1 aliphatic heterocycles. The van der Waals surface area contributed by atoms with E-state index in [1.165, 1.54) is 0 Å². The summed E-state index contributed by atoms with van der Waals surface area (Å²) in [6.07, 6.45) is 4.03. The van der Waals surface area contributed by atoms with E-state index in [4.69, 9.17) is 4.42 Å². The summed E-state index contributed by atoms with van der Waals surface area (Å²) in [6.45, 7) is 8.22. The number of carbonyl (C=O) groups excluding carboxylic acids is 2. The van der Waals surface area contributed by atoms with Gasteiger partial charge < -0.3 is 19.5 Å². The highest BCUT2D eigenvalue weighted by atomic mass is 16.3. The van der Waals surface area contributed by atoms with Crippen LogP contribution in [0.25, 0.3) is 0 Å². The molecule has 0 spiro atoms.